The van der Waals surface area contributed by atoms with Crippen LogP contribution < -0.4 is 5.32 Å². The lowest BCUT2D eigenvalue weighted by molar-refractivity contribution is -0.118. The lowest BCUT2D eigenvalue weighted by Gasteiger charge is -2.25. The van der Waals surface area contributed by atoms with Gasteiger partial charge in [-0.05, 0) is 12.1 Å². The SMILES string of the molecule is O=C(CN1CCOCC1)Nc1[nH]nc2ncccc12. The molecule has 7 heteroatoms. The van der Waals surface area contributed by atoms with Crippen LogP contribution in [-0.4, -0.2) is 58.8 Å². The number of nitrogens with zero attached hydrogens (tertiary/aromatic N) is 3. The molecule has 0 bridgehead atoms. The molecule has 0 radical (unpaired) electrons. The Morgan fingerprint density at radius 3 is 3.16 bits per heavy atom. The number of hydrogen-bond donors (Lipinski definition) is 2. The first kappa shape index (κ1) is 12.1. The van der Waals surface area contributed by atoms with Gasteiger partial charge in [-0.3, -0.25) is 14.8 Å². The number of amides is 1. The molecule has 3 heterocycles. The van der Waals surface area contributed by atoms with Crippen molar-refractivity contribution in [3.8, 4) is 0 Å². The summed E-state index contributed by atoms with van der Waals surface area (Å²) in [5.74, 6) is 0.540. The minimum atomic E-state index is -0.0590. The molecule has 1 saturated heterocycles. The van der Waals surface area contributed by atoms with Crippen molar-refractivity contribution in [1.29, 1.82) is 0 Å². The minimum Gasteiger partial charge on any atom is -0.379 e. The average molecular weight is 261 g/mol. The summed E-state index contributed by atoms with van der Waals surface area (Å²) in [5.41, 5.74) is 0.601. The van der Waals surface area contributed by atoms with Crippen molar-refractivity contribution in [1.82, 2.24) is 20.1 Å². The number of hydrogen-bond acceptors (Lipinski definition) is 5. The smallest absolute Gasteiger partial charge is 0.239 e. The number of H-pyrrole nitrogens is 1. The van der Waals surface area contributed by atoms with E-state index in [1.54, 1.807) is 6.20 Å². The molecule has 0 saturated carbocycles. The van der Waals surface area contributed by atoms with E-state index in [2.05, 4.69) is 25.4 Å². The summed E-state index contributed by atoms with van der Waals surface area (Å²) >= 11 is 0. The maximum absolute atomic E-state index is 12.0. The van der Waals surface area contributed by atoms with E-state index in [1.807, 2.05) is 12.1 Å². The third kappa shape index (κ3) is 2.72. The van der Waals surface area contributed by atoms with Crippen molar-refractivity contribution in [2.24, 2.45) is 0 Å². The van der Waals surface area contributed by atoms with Crippen molar-refractivity contribution >= 4 is 22.8 Å². The van der Waals surface area contributed by atoms with Gasteiger partial charge in [0, 0.05) is 19.3 Å². The Morgan fingerprint density at radius 2 is 2.32 bits per heavy atom. The van der Waals surface area contributed by atoms with Crippen LogP contribution in [0.1, 0.15) is 0 Å². The number of pyridine rings is 1. The molecule has 0 aliphatic carbocycles. The maximum atomic E-state index is 12.0. The standard InChI is InChI=1S/C12H15N5O2/c18-10(8-17-4-6-19-7-5-17)14-12-9-2-1-3-13-11(9)15-16-12/h1-3H,4-8H2,(H2,13,14,15,16,18). The van der Waals surface area contributed by atoms with Crippen LogP contribution in [-0.2, 0) is 9.53 Å². The predicted molar refractivity (Wildman–Crippen MR) is 69.8 cm³/mol. The molecule has 100 valence electrons. The number of carbonyl (C=O) groups is 1. The highest BCUT2D eigenvalue weighted by molar-refractivity contribution is 5.99. The van der Waals surface area contributed by atoms with Gasteiger partial charge < -0.3 is 10.1 Å². The van der Waals surface area contributed by atoms with Crippen LogP contribution in [0.25, 0.3) is 11.0 Å². The van der Waals surface area contributed by atoms with Gasteiger partial charge in [-0.2, -0.15) is 5.10 Å². The predicted octanol–water partition coefficient (Wildman–Crippen LogP) is 0.229. The van der Waals surface area contributed by atoms with Crippen molar-refractivity contribution in [2.45, 2.75) is 0 Å². The number of anilines is 1. The third-order valence-electron chi connectivity index (χ3n) is 3.06. The molecule has 7 nitrogen and oxygen atoms in total. The normalized spacial score (nSPS) is 16.6. The van der Waals surface area contributed by atoms with Gasteiger partial charge in [-0.25, -0.2) is 4.98 Å². The third-order valence-corrected chi connectivity index (χ3v) is 3.06. The van der Waals surface area contributed by atoms with Gasteiger partial charge >= 0.3 is 0 Å². The van der Waals surface area contributed by atoms with Gasteiger partial charge in [0.2, 0.25) is 5.91 Å². The number of rotatable bonds is 3. The molecule has 0 unspecified atom stereocenters. The van der Waals surface area contributed by atoms with Crippen LogP contribution >= 0.6 is 0 Å². The fraction of sp³-hybridized carbons (Fsp3) is 0.417. The minimum absolute atomic E-state index is 0.0590. The van der Waals surface area contributed by atoms with Crippen LogP contribution in [0.15, 0.2) is 18.3 Å². The van der Waals surface area contributed by atoms with E-state index in [9.17, 15) is 4.79 Å². The Kier molecular flexibility index (Phi) is 3.39. The number of carbonyl (C=O) groups excluding carboxylic acids is 1. The topological polar surface area (TPSA) is 83.1 Å². The lowest BCUT2D eigenvalue weighted by atomic mass is 10.3. The summed E-state index contributed by atoms with van der Waals surface area (Å²) in [5, 5.41) is 10.5. The number of morpholine rings is 1. The molecule has 0 aromatic carbocycles. The van der Waals surface area contributed by atoms with E-state index in [0.29, 0.717) is 31.2 Å². The molecule has 19 heavy (non-hydrogen) atoms. The second-order valence-electron chi connectivity index (χ2n) is 4.41. The van der Waals surface area contributed by atoms with Gasteiger partial charge in [-0.15, -0.1) is 0 Å². The molecular weight excluding hydrogens is 246 g/mol. The molecule has 2 N–H and O–H groups in total. The first-order valence-corrected chi connectivity index (χ1v) is 6.22. The summed E-state index contributed by atoms with van der Waals surface area (Å²) in [6.07, 6.45) is 1.67. The maximum Gasteiger partial charge on any atom is 0.239 e. The summed E-state index contributed by atoms with van der Waals surface area (Å²) in [4.78, 5) is 18.1. The molecule has 2 aromatic rings. The fourth-order valence-corrected chi connectivity index (χ4v) is 2.09. The van der Waals surface area contributed by atoms with E-state index < -0.39 is 0 Å². The van der Waals surface area contributed by atoms with Crippen molar-refractivity contribution in [2.75, 3.05) is 38.2 Å². The molecule has 2 aromatic heterocycles. The van der Waals surface area contributed by atoms with Gasteiger partial charge in [0.15, 0.2) is 5.65 Å². The number of aromatic nitrogens is 3. The van der Waals surface area contributed by atoms with E-state index in [1.165, 1.54) is 0 Å². The highest BCUT2D eigenvalue weighted by Gasteiger charge is 2.15. The zero-order chi connectivity index (χ0) is 13.1. The van der Waals surface area contributed by atoms with Crippen LogP contribution in [0.4, 0.5) is 5.82 Å². The molecule has 1 fully saturated rings. The number of fused-ring (bicyclic) bond motifs is 1. The number of nitrogens with one attached hydrogen (secondary N) is 2. The van der Waals surface area contributed by atoms with E-state index in [4.69, 9.17) is 4.74 Å². The Balaban J connectivity index is 1.65. The van der Waals surface area contributed by atoms with Crippen molar-refractivity contribution in [3.63, 3.8) is 0 Å². The summed E-state index contributed by atoms with van der Waals surface area (Å²) in [6, 6.07) is 3.69. The largest absolute Gasteiger partial charge is 0.379 e. The monoisotopic (exact) mass is 261 g/mol. The Bertz CT molecular complexity index is 576. The van der Waals surface area contributed by atoms with Gasteiger partial charge in [0.05, 0.1) is 25.1 Å². The van der Waals surface area contributed by atoms with Crippen LogP contribution in [0.3, 0.4) is 0 Å². The second-order valence-corrected chi connectivity index (χ2v) is 4.41. The highest BCUT2D eigenvalue weighted by atomic mass is 16.5. The zero-order valence-corrected chi connectivity index (χ0v) is 10.4. The van der Waals surface area contributed by atoms with Gasteiger partial charge in [0.1, 0.15) is 5.82 Å². The van der Waals surface area contributed by atoms with Gasteiger partial charge in [-0.1, -0.05) is 0 Å². The molecule has 1 aliphatic heterocycles. The fourth-order valence-electron chi connectivity index (χ4n) is 2.09. The quantitative estimate of drug-likeness (QED) is 0.826. The zero-order valence-electron chi connectivity index (χ0n) is 10.4. The number of aromatic amines is 1. The molecule has 0 atom stereocenters. The first-order valence-electron chi connectivity index (χ1n) is 6.22. The Labute approximate surface area is 109 Å². The van der Waals surface area contributed by atoms with Crippen molar-refractivity contribution in [3.05, 3.63) is 18.3 Å². The summed E-state index contributed by atoms with van der Waals surface area (Å²) in [7, 11) is 0. The molecule has 3 rings (SSSR count). The van der Waals surface area contributed by atoms with Crippen LogP contribution in [0, 0.1) is 0 Å². The second kappa shape index (κ2) is 5.33. The highest BCUT2D eigenvalue weighted by Crippen LogP contribution is 2.17. The molecule has 1 amide bonds. The average Bonchev–Trinajstić information content (AvgIpc) is 2.83. The molecular formula is C12H15N5O2. The number of ether oxygens (including phenoxy) is 1. The Hall–Kier alpha value is -1.99. The van der Waals surface area contributed by atoms with E-state index in [0.717, 1.165) is 18.5 Å². The summed E-state index contributed by atoms with van der Waals surface area (Å²) in [6.45, 7) is 3.32. The Morgan fingerprint density at radius 1 is 1.47 bits per heavy atom. The molecule has 0 spiro atoms. The van der Waals surface area contributed by atoms with Crippen LogP contribution in [0.5, 0.6) is 0 Å². The first-order chi connectivity index (χ1) is 9.33. The van der Waals surface area contributed by atoms with Gasteiger partial charge in [0.25, 0.3) is 0 Å². The van der Waals surface area contributed by atoms with E-state index in [-0.39, 0.29) is 5.91 Å². The van der Waals surface area contributed by atoms with E-state index >= 15 is 0 Å². The summed E-state index contributed by atoms with van der Waals surface area (Å²) < 4.78 is 5.25. The molecule has 1 aliphatic rings. The lowest BCUT2D eigenvalue weighted by Crippen LogP contribution is -2.41. The van der Waals surface area contributed by atoms with Crippen molar-refractivity contribution < 1.29 is 9.53 Å². The van der Waals surface area contributed by atoms with Crippen LogP contribution in [0.2, 0.25) is 0 Å².